The SMILES string of the molecule is CCc1cc2cn(-c3ccc(CNCCCN=C(N)N)cc3)c(=O)nc2[nH]1. The zero-order valence-corrected chi connectivity index (χ0v) is 15.4. The Kier molecular flexibility index (Phi) is 5.87. The summed E-state index contributed by atoms with van der Waals surface area (Å²) in [5.41, 5.74) is 13.9. The Balaban J connectivity index is 1.65. The summed E-state index contributed by atoms with van der Waals surface area (Å²) in [7, 11) is 0. The molecule has 0 saturated carbocycles. The van der Waals surface area contributed by atoms with Crippen LogP contribution >= 0.6 is 0 Å². The maximum atomic E-state index is 12.3. The van der Waals surface area contributed by atoms with Crippen LogP contribution in [0.25, 0.3) is 16.7 Å². The molecule has 8 nitrogen and oxygen atoms in total. The fourth-order valence-electron chi connectivity index (χ4n) is 2.85. The molecule has 0 aliphatic carbocycles. The summed E-state index contributed by atoms with van der Waals surface area (Å²) in [5.74, 6) is 0.124. The molecule has 0 bridgehead atoms. The molecule has 1 aromatic carbocycles. The maximum absolute atomic E-state index is 12.3. The van der Waals surface area contributed by atoms with Crippen LogP contribution in [0.3, 0.4) is 0 Å². The summed E-state index contributed by atoms with van der Waals surface area (Å²) >= 11 is 0. The monoisotopic (exact) mass is 367 g/mol. The van der Waals surface area contributed by atoms with E-state index >= 15 is 0 Å². The van der Waals surface area contributed by atoms with Crippen molar-refractivity contribution in [2.24, 2.45) is 16.5 Å². The minimum Gasteiger partial charge on any atom is -0.370 e. The van der Waals surface area contributed by atoms with Crippen molar-refractivity contribution < 1.29 is 0 Å². The van der Waals surface area contributed by atoms with Gasteiger partial charge in [-0.1, -0.05) is 19.1 Å². The molecule has 0 unspecified atom stereocenters. The normalized spacial score (nSPS) is 11.0. The number of aliphatic imine (C=N–C) groups is 1. The van der Waals surface area contributed by atoms with Gasteiger partial charge in [-0.25, -0.2) is 4.79 Å². The first-order chi connectivity index (χ1) is 13.1. The first-order valence-corrected chi connectivity index (χ1v) is 9.03. The number of nitrogens with two attached hydrogens (primary N) is 2. The molecule has 3 rings (SSSR count). The predicted octanol–water partition coefficient (Wildman–Crippen LogP) is 1.03. The van der Waals surface area contributed by atoms with Gasteiger partial charge in [-0.15, -0.1) is 0 Å². The lowest BCUT2D eigenvalue weighted by Gasteiger charge is -2.08. The fraction of sp³-hybridized carbons (Fsp3) is 0.316. The molecule has 0 amide bonds. The van der Waals surface area contributed by atoms with E-state index in [0.29, 0.717) is 12.2 Å². The highest BCUT2D eigenvalue weighted by atomic mass is 16.1. The molecular weight excluding hydrogens is 342 g/mol. The van der Waals surface area contributed by atoms with Gasteiger partial charge in [0.1, 0.15) is 5.65 Å². The van der Waals surface area contributed by atoms with Gasteiger partial charge < -0.3 is 21.8 Å². The molecule has 142 valence electrons. The van der Waals surface area contributed by atoms with E-state index < -0.39 is 0 Å². The second-order valence-corrected chi connectivity index (χ2v) is 6.35. The van der Waals surface area contributed by atoms with Crippen molar-refractivity contribution in [3.05, 3.63) is 58.3 Å². The summed E-state index contributed by atoms with van der Waals surface area (Å²) in [6.45, 7) is 4.24. The Labute approximate surface area is 157 Å². The lowest BCUT2D eigenvalue weighted by molar-refractivity contribution is 0.655. The molecule has 2 aromatic heterocycles. The second-order valence-electron chi connectivity index (χ2n) is 6.35. The van der Waals surface area contributed by atoms with Gasteiger partial charge in [-0.05, 0) is 43.1 Å². The van der Waals surface area contributed by atoms with Crippen LogP contribution in [0.5, 0.6) is 0 Å². The van der Waals surface area contributed by atoms with Crippen molar-refractivity contribution in [2.75, 3.05) is 13.1 Å². The predicted molar refractivity (Wildman–Crippen MR) is 108 cm³/mol. The number of H-pyrrole nitrogens is 1. The number of fused-ring (bicyclic) bond motifs is 1. The van der Waals surface area contributed by atoms with E-state index in [0.717, 1.165) is 48.3 Å². The number of nitrogens with one attached hydrogen (secondary N) is 2. The summed E-state index contributed by atoms with van der Waals surface area (Å²) in [5, 5.41) is 4.27. The zero-order valence-electron chi connectivity index (χ0n) is 15.4. The largest absolute Gasteiger partial charge is 0.370 e. The van der Waals surface area contributed by atoms with Crippen molar-refractivity contribution in [3.8, 4) is 5.69 Å². The molecule has 8 heteroatoms. The summed E-state index contributed by atoms with van der Waals surface area (Å²) in [4.78, 5) is 23.6. The molecule has 0 spiro atoms. The van der Waals surface area contributed by atoms with Crippen LogP contribution in [0.15, 0.2) is 46.3 Å². The average Bonchev–Trinajstić information content (AvgIpc) is 3.06. The molecule has 0 fully saturated rings. The topological polar surface area (TPSA) is 127 Å². The maximum Gasteiger partial charge on any atom is 0.354 e. The van der Waals surface area contributed by atoms with E-state index in [9.17, 15) is 4.79 Å². The van der Waals surface area contributed by atoms with Crippen molar-refractivity contribution in [3.63, 3.8) is 0 Å². The molecule has 0 saturated heterocycles. The van der Waals surface area contributed by atoms with E-state index in [2.05, 4.69) is 27.2 Å². The summed E-state index contributed by atoms with van der Waals surface area (Å²) in [6, 6.07) is 9.89. The minimum atomic E-state index is -0.294. The van der Waals surface area contributed by atoms with Crippen LogP contribution < -0.4 is 22.5 Å². The van der Waals surface area contributed by atoms with Crippen molar-refractivity contribution in [2.45, 2.75) is 26.3 Å². The highest BCUT2D eigenvalue weighted by Gasteiger charge is 2.07. The fourth-order valence-corrected chi connectivity index (χ4v) is 2.85. The van der Waals surface area contributed by atoms with E-state index in [4.69, 9.17) is 11.5 Å². The van der Waals surface area contributed by atoms with Gasteiger partial charge in [0.05, 0.1) is 5.69 Å². The standard InChI is InChI=1S/C19H25N7O/c1-2-15-10-14-12-26(19(27)25-17(14)24-15)16-6-4-13(5-7-16)11-22-8-3-9-23-18(20)21/h4-7,10,12,22H,2-3,8-9,11H2,1H3,(H4,20,21,23)(H,24,25,27). The quantitative estimate of drug-likeness (QED) is 0.269. The van der Waals surface area contributed by atoms with Crippen molar-refractivity contribution in [1.82, 2.24) is 19.9 Å². The number of hydrogen-bond donors (Lipinski definition) is 4. The van der Waals surface area contributed by atoms with Gasteiger partial charge in [0, 0.05) is 30.4 Å². The molecular formula is C19H25N7O. The first-order valence-electron chi connectivity index (χ1n) is 9.03. The molecule has 6 N–H and O–H groups in total. The molecule has 27 heavy (non-hydrogen) atoms. The van der Waals surface area contributed by atoms with E-state index in [1.807, 2.05) is 36.5 Å². The first kappa shape index (κ1) is 18.7. The van der Waals surface area contributed by atoms with Gasteiger partial charge in [0.2, 0.25) is 0 Å². The lowest BCUT2D eigenvalue weighted by atomic mass is 10.2. The Morgan fingerprint density at radius 1 is 1.30 bits per heavy atom. The summed E-state index contributed by atoms with van der Waals surface area (Å²) in [6.07, 6.45) is 3.57. The third-order valence-electron chi connectivity index (χ3n) is 4.29. The Hall–Kier alpha value is -3.13. The van der Waals surface area contributed by atoms with Crippen LogP contribution in [-0.2, 0) is 13.0 Å². The van der Waals surface area contributed by atoms with Crippen LogP contribution in [0.2, 0.25) is 0 Å². The van der Waals surface area contributed by atoms with Gasteiger partial charge in [0.15, 0.2) is 5.96 Å². The Morgan fingerprint density at radius 3 is 2.78 bits per heavy atom. The van der Waals surface area contributed by atoms with Crippen molar-refractivity contribution >= 4 is 17.0 Å². The summed E-state index contributed by atoms with van der Waals surface area (Å²) < 4.78 is 1.57. The number of nitrogens with zero attached hydrogens (tertiary/aromatic N) is 3. The highest BCUT2D eigenvalue weighted by molar-refractivity contribution is 5.76. The molecule has 0 atom stereocenters. The van der Waals surface area contributed by atoms with Gasteiger partial charge >= 0.3 is 5.69 Å². The number of hydrogen-bond acceptors (Lipinski definition) is 4. The molecule has 0 radical (unpaired) electrons. The van der Waals surface area contributed by atoms with Gasteiger partial charge in [0.25, 0.3) is 0 Å². The van der Waals surface area contributed by atoms with E-state index in [1.54, 1.807) is 4.57 Å². The number of aryl methyl sites for hydroxylation is 1. The lowest BCUT2D eigenvalue weighted by Crippen LogP contribution is -2.23. The Bertz CT molecular complexity index is 981. The number of guanidine groups is 1. The van der Waals surface area contributed by atoms with E-state index in [1.165, 1.54) is 0 Å². The van der Waals surface area contributed by atoms with Crippen LogP contribution in [0.4, 0.5) is 0 Å². The number of benzene rings is 1. The second kappa shape index (κ2) is 8.50. The van der Waals surface area contributed by atoms with Crippen molar-refractivity contribution in [1.29, 1.82) is 0 Å². The molecule has 0 aliphatic heterocycles. The smallest absolute Gasteiger partial charge is 0.354 e. The molecule has 2 heterocycles. The molecule has 3 aromatic rings. The third-order valence-corrected chi connectivity index (χ3v) is 4.29. The average molecular weight is 367 g/mol. The highest BCUT2D eigenvalue weighted by Crippen LogP contribution is 2.14. The van der Waals surface area contributed by atoms with Crippen LogP contribution in [0.1, 0.15) is 24.6 Å². The number of aromatic nitrogens is 3. The number of aromatic amines is 1. The van der Waals surface area contributed by atoms with E-state index in [-0.39, 0.29) is 11.6 Å². The number of rotatable bonds is 8. The van der Waals surface area contributed by atoms with Gasteiger partial charge in [-0.2, -0.15) is 4.98 Å². The minimum absolute atomic E-state index is 0.124. The zero-order chi connectivity index (χ0) is 19.2. The van der Waals surface area contributed by atoms with Gasteiger partial charge in [-0.3, -0.25) is 9.56 Å². The Morgan fingerprint density at radius 2 is 2.07 bits per heavy atom. The third kappa shape index (κ3) is 4.73. The van der Waals surface area contributed by atoms with Crippen LogP contribution in [0, 0.1) is 0 Å². The molecule has 0 aliphatic rings. The van der Waals surface area contributed by atoms with Crippen LogP contribution in [-0.4, -0.2) is 33.6 Å².